The van der Waals surface area contributed by atoms with Crippen molar-refractivity contribution in [1.29, 1.82) is 0 Å². The number of hydrogen-bond donors (Lipinski definition) is 1. The Balaban J connectivity index is 1.87. The van der Waals surface area contributed by atoms with Crippen LogP contribution in [0.15, 0.2) is 54.9 Å². The Bertz CT molecular complexity index is 1210. The molecule has 8 nitrogen and oxygen atoms in total. The second-order valence-electron chi connectivity index (χ2n) is 6.66. The molecule has 0 amide bonds. The third kappa shape index (κ3) is 3.77. The number of halogens is 1. The SMILES string of the molecule is COc1ccc(CN(c2ccc(C)cn2)c2cc(Cl)nn3c(C(=O)O)cnc23)cc1. The minimum Gasteiger partial charge on any atom is -0.497 e. The summed E-state index contributed by atoms with van der Waals surface area (Å²) in [5, 5.41) is 13.7. The monoisotopic (exact) mass is 423 g/mol. The van der Waals surface area contributed by atoms with Gasteiger partial charge in [0.05, 0.1) is 19.0 Å². The lowest BCUT2D eigenvalue weighted by molar-refractivity contribution is 0.0688. The lowest BCUT2D eigenvalue weighted by atomic mass is 10.2. The Labute approximate surface area is 177 Å². The fourth-order valence-electron chi connectivity index (χ4n) is 3.09. The maximum atomic E-state index is 11.5. The number of aryl methyl sites for hydroxylation is 1. The zero-order chi connectivity index (χ0) is 21.3. The highest BCUT2D eigenvalue weighted by atomic mass is 35.5. The molecular weight excluding hydrogens is 406 g/mol. The van der Waals surface area contributed by atoms with Gasteiger partial charge in [0, 0.05) is 18.8 Å². The standard InChI is InChI=1S/C21H18ClN5O3/c1-13-3-8-19(23-10-13)26(12-14-4-6-15(30-2)7-5-14)16-9-18(22)25-27-17(21(28)29)11-24-20(16)27/h3-11H,12H2,1-2H3,(H,28,29). The number of imidazole rings is 1. The van der Waals surface area contributed by atoms with Crippen molar-refractivity contribution in [3.8, 4) is 5.75 Å². The molecule has 4 rings (SSSR count). The number of rotatable bonds is 6. The van der Waals surface area contributed by atoms with Gasteiger partial charge >= 0.3 is 5.97 Å². The van der Waals surface area contributed by atoms with Gasteiger partial charge in [0.1, 0.15) is 11.6 Å². The molecule has 0 saturated carbocycles. The summed E-state index contributed by atoms with van der Waals surface area (Å²) in [4.78, 5) is 22.3. The van der Waals surface area contributed by atoms with Gasteiger partial charge in [-0.25, -0.2) is 19.3 Å². The summed E-state index contributed by atoms with van der Waals surface area (Å²) in [7, 11) is 1.62. The molecule has 0 radical (unpaired) electrons. The van der Waals surface area contributed by atoms with Gasteiger partial charge in [-0.05, 0) is 36.2 Å². The van der Waals surface area contributed by atoms with E-state index in [9.17, 15) is 9.90 Å². The van der Waals surface area contributed by atoms with Crippen LogP contribution in [0.4, 0.5) is 11.5 Å². The highest BCUT2D eigenvalue weighted by Gasteiger charge is 2.21. The first-order valence-electron chi connectivity index (χ1n) is 9.07. The summed E-state index contributed by atoms with van der Waals surface area (Å²) < 4.78 is 6.47. The van der Waals surface area contributed by atoms with Gasteiger partial charge < -0.3 is 14.7 Å². The summed E-state index contributed by atoms with van der Waals surface area (Å²) in [6, 6.07) is 13.2. The first kappa shape index (κ1) is 19.7. The van der Waals surface area contributed by atoms with Gasteiger partial charge in [-0.3, -0.25) is 0 Å². The van der Waals surface area contributed by atoms with Crippen LogP contribution in [0.3, 0.4) is 0 Å². The predicted molar refractivity (Wildman–Crippen MR) is 113 cm³/mol. The van der Waals surface area contributed by atoms with Crippen molar-refractivity contribution in [2.75, 3.05) is 12.0 Å². The number of methoxy groups -OCH3 is 1. The van der Waals surface area contributed by atoms with Crippen LogP contribution < -0.4 is 9.64 Å². The van der Waals surface area contributed by atoms with Gasteiger partial charge in [0.15, 0.2) is 16.5 Å². The number of carbonyl (C=O) groups is 1. The average Bonchev–Trinajstić information content (AvgIpc) is 3.17. The molecule has 0 atom stereocenters. The van der Waals surface area contributed by atoms with Crippen LogP contribution in [0.2, 0.25) is 5.15 Å². The van der Waals surface area contributed by atoms with Gasteiger partial charge in [-0.1, -0.05) is 29.8 Å². The Morgan fingerprint density at radius 3 is 2.57 bits per heavy atom. The molecule has 0 aliphatic heterocycles. The summed E-state index contributed by atoms with van der Waals surface area (Å²) in [6.07, 6.45) is 3.03. The quantitative estimate of drug-likeness (QED) is 0.498. The lowest BCUT2D eigenvalue weighted by Gasteiger charge is -2.24. The number of aromatic nitrogens is 4. The number of benzene rings is 1. The number of fused-ring (bicyclic) bond motifs is 1. The van der Waals surface area contributed by atoms with Crippen LogP contribution in [0.5, 0.6) is 5.75 Å². The summed E-state index contributed by atoms with van der Waals surface area (Å²) in [5.41, 5.74) is 2.90. The number of carboxylic acid groups (broad SMARTS) is 1. The number of pyridine rings is 1. The van der Waals surface area contributed by atoms with Crippen LogP contribution in [0, 0.1) is 6.92 Å². The van der Waals surface area contributed by atoms with E-state index in [0.29, 0.717) is 23.7 Å². The maximum absolute atomic E-state index is 11.5. The topological polar surface area (TPSA) is 92.8 Å². The van der Waals surface area contributed by atoms with E-state index in [1.165, 1.54) is 10.7 Å². The number of ether oxygens (including phenoxy) is 1. The van der Waals surface area contributed by atoms with Crippen LogP contribution in [0.1, 0.15) is 21.6 Å². The van der Waals surface area contributed by atoms with Gasteiger partial charge in [0.25, 0.3) is 0 Å². The van der Waals surface area contributed by atoms with Crippen molar-refractivity contribution in [3.63, 3.8) is 0 Å². The number of aromatic carboxylic acids is 1. The minimum atomic E-state index is -1.14. The van der Waals surface area contributed by atoms with Crippen LogP contribution in [-0.4, -0.2) is 37.8 Å². The molecule has 0 aliphatic rings. The van der Waals surface area contributed by atoms with E-state index >= 15 is 0 Å². The molecular formula is C21H18ClN5O3. The van der Waals surface area contributed by atoms with Crippen LogP contribution in [0.25, 0.3) is 5.65 Å². The number of nitrogens with zero attached hydrogens (tertiary/aromatic N) is 5. The summed E-state index contributed by atoms with van der Waals surface area (Å²) in [5.74, 6) is 0.284. The minimum absolute atomic E-state index is 0.0741. The van der Waals surface area contributed by atoms with E-state index in [0.717, 1.165) is 16.9 Å². The van der Waals surface area contributed by atoms with Crippen molar-refractivity contribution in [1.82, 2.24) is 19.6 Å². The average molecular weight is 424 g/mol. The fraction of sp³-hybridized carbons (Fsp3) is 0.143. The van der Waals surface area contributed by atoms with Gasteiger partial charge in [-0.2, -0.15) is 5.10 Å². The van der Waals surface area contributed by atoms with Crippen LogP contribution in [-0.2, 0) is 6.54 Å². The molecule has 0 bridgehead atoms. The fourth-order valence-corrected chi connectivity index (χ4v) is 3.27. The largest absolute Gasteiger partial charge is 0.497 e. The van der Waals surface area contributed by atoms with Crippen molar-refractivity contribution < 1.29 is 14.6 Å². The van der Waals surface area contributed by atoms with Crippen molar-refractivity contribution in [2.45, 2.75) is 13.5 Å². The molecule has 0 aliphatic carbocycles. The molecule has 0 unspecified atom stereocenters. The molecule has 1 aromatic carbocycles. The zero-order valence-electron chi connectivity index (χ0n) is 16.3. The Morgan fingerprint density at radius 2 is 1.93 bits per heavy atom. The molecule has 30 heavy (non-hydrogen) atoms. The van der Waals surface area contributed by atoms with Crippen molar-refractivity contribution in [3.05, 3.63) is 76.8 Å². The van der Waals surface area contributed by atoms with Gasteiger partial charge in [-0.15, -0.1) is 0 Å². The predicted octanol–water partition coefficient (Wildman–Crippen LogP) is 4.13. The second-order valence-corrected chi connectivity index (χ2v) is 7.05. The lowest BCUT2D eigenvalue weighted by Crippen LogP contribution is -2.19. The summed E-state index contributed by atoms with van der Waals surface area (Å²) >= 11 is 6.24. The highest BCUT2D eigenvalue weighted by Crippen LogP contribution is 2.31. The van der Waals surface area contributed by atoms with Crippen molar-refractivity contribution >= 4 is 34.7 Å². The summed E-state index contributed by atoms with van der Waals surface area (Å²) in [6.45, 7) is 2.41. The maximum Gasteiger partial charge on any atom is 0.356 e. The van der Waals surface area contributed by atoms with Gasteiger partial charge in [0.2, 0.25) is 0 Å². The van der Waals surface area contributed by atoms with E-state index in [2.05, 4.69) is 15.1 Å². The van der Waals surface area contributed by atoms with E-state index in [-0.39, 0.29) is 10.8 Å². The molecule has 152 valence electrons. The van der Waals surface area contributed by atoms with E-state index < -0.39 is 5.97 Å². The first-order chi connectivity index (χ1) is 14.5. The molecule has 0 saturated heterocycles. The molecule has 3 aromatic heterocycles. The molecule has 9 heteroatoms. The molecule has 0 fully saturated rings. The smallest absolute Gasteiger partial charge is 0.356 e. The molecule has 4 aromatic rings. The Morgan fingerprint density at radius 1 is 1.17 bits per heavy atom. The van der Waals surface area contributed by atoms with E-state index in [1.54, 1.807) is 19.4 Å². The third-order valence-corrected chi connectivity index (χ3v) is 4.79. The Kier molecular flexibility index (Phi) is 5.24. The Hall–Kier alpha value is -3.65. The number of anilines is 2. The van der Waals surface area contributed by atoms with E-state index in [1.807, 2.05) is 48.2 Å². The normalized spacial score (nSPS) is 10.9. The third-order valence-electron chi connectivity index (χ3n) is 4.60. The number of carboxylic acids is 1. The molecule has 3 heterocycles. The van der Waals surface area contributed by atoms with Crippen LogP contribution >= 0.6 is 11.6 Å². The zero-order valence-corrected chi connectivity index (χ0v) is 17.0. The molecule has 1 N–H and O–H groups in total. The number of hydrogen-bond acceptors (Lipinski definition) is 6. The molecule has 0 spiro atoms. The first-order valence-corrected chi connectivity index (χ1v) is 9.45. The second kappa shape index (κ2) is 8.00. The highest BCUT2D eigenvalue weighted by molar-refractivity contribution is 6.29. The van der Waals surface area contributed by atoms with E-state index in [4.69, 9.17) is 16.3 Å². The van der Waals surface area contributed by atoms with Crippen molar-refractivity contribution in [2.24, 2.45) is 0 Å².